The average Bonchev–Trinajstić information content (AvgIpc) is 3.40. The molecule has 2 saturated heterocycles. The van der Waals surface area contributed by atoms with E-state index in [1.807, 2.05) is 17.0 Å². The lowest BCUT2D eigenvalue weighted by Crippen LogP contribution is -2.49. The first kappa shape index (κ1) is 23.6. The molecule has 0 unspecified atom stereocenters. The maximum Gasteiger partial charge on any atom is 0.490 e. The van der Waals surface area contributed by atoms with Crippen molar-refractivity contribution in [2.75, 3.05) is 33.3 Å². The van der Waals surface area contributed by atoms with Gasteiger partial charge in [0.15, 0.2) is 0 Å². The molecule has 4 rings (SSSR count). The Labute approximate surface area is 182 Å². The summed E-state index contributed by atoms with van der Waals surface area (Å²) in [5, 5.41) is 17.5. The number of methoxy groups -OCH3 is 1. The number of nitrogens with one attached hydrogen (secondary N) is 2. The molecule has 0 bridgehead atoms. The van der Waals surface area contributed by atoms with Crippen molar-refractivity contribution in [3.63, 3.8) is 0 Å². The second kappa shape index (κ2) is 10.0. The normalized spacial score (nSPS) is 18.5. The first-order valence-corrected chi connectivity index (χ1v) is 10.1. The van der Waals surface area contributed by atoms with Gasteiger partial charge in [0, 0.05) is 37.2 Å². The molecule has 32 heavy (non-hydrogen) atoms. The van der Waals surface area contributed by atoms with Gasteiger partial charge in [-0.1, -0.05) is 6.07 Å². The van der Waals surface area contributed by atoms with Gasteiger partial charge in [-0.3, -0.25) is 9.89 Å². The molecule has 2 aliphatic rings. The number of carbonyl (C=O) groups is 2. The number of likely N-dealkylation sites (tertiary alicyclic amines) is 1. The Hall–Kier alpha value is -3.08. The molecule has 1 atom stereocenters. The third-order valence-corrected chi connectivity index (χ3v) is 5.59. The lowest BCUT2D eigenvalue weighted by atomic mass is 9.89. The number of nitrogens with zero attached hydrogens (tertiary/aromatic N) is 2. The summed E-state index contributed by atoms with van der Waals surface area (Å²) in [6.07, 6.45) is -1.54. The standard InChI is InChI=1S/C19H24N4O2.C2HF3O2/c1-25-18-3-2-14(9-16(18)17-5-7-21-22-17)15-11-23(12-15)19(24)8-13-4-6-20-10-13;3-2(4,5)1(6)7/h2-3,5,7,9,13,15,20H,4,6,8,10-12H2,1H3,(H,21,22);(H,6,7)/t13-;/m0./s1. The van der Waals surface area contributed by atoms with Crippen molar-refractivity contribution in [1.82, 2.24) is 20.4 Å². The van der Waals surface area contributed by atoms with Crippen molar-refractivity contribution in [1.29, 1.82) is 0 Å². The van der Waals surface area contributed by atoms with E-state index in [0.717, 1.165) is 49.6 Å². The summed E-state index contributed by atoms with van der Waals surface area (Å²) in [6.45, 7) is 3.65. The van der Waals surface area contributed by atoms with Crippen LogP contribution in [0, 0.1) is 5.92 Å². The zero-order valence-electron chi connectivity index (χ0n) is 17.5. The number of halogens is 3. The minimum Gasteiger partial charge on any atom is -0.496 e. The molecule has 3 N–H and O–H groups in total. The van der Waals surface area contributed by atoms with Gasteiger partial charge in [-0.2, -0.15) is 18.3 Å². The fourth-order valence-electron chi connectivity index (χ4n) is 3.75. The number of benzene rings is 1. The number of ether oxygens (including phenoxy) is 1. The van der Waals surface area contributed by atoms with Crippen molar-refractivity contribution < 1.29 is 32.6 Å². The summed E-state index contributed by atoms with van der Waals surface area (Å²) in [5.74, 6) is -0.716. The van der Waals surface area contributed by atoms with Crippen LogP contribution in [0.1, 0.15) is 24.3 Å². The average molecular weight is 454 g/mol. The number of aromatic nitrogens is 2. The molecule has 1 amide bonds. The first-order valence-electron chi connectivity index (χ1n) is 10.1. The fraction of sp³-hybridized carbons (Fsp3) is 0.476. The van der Waals surface area contributed by atoms with Gasteiger partial charge in [-0.05, 0) is 49.2 Å². The highest BCUT2D eigenvalue weighted by Crippen LogP contribution is 2.35. The Balaban J connectivity index is 0.000000360. The Bertz CT molecular complexity index is 922. The molecule has 3 heterocycles. The van der Waals surface area contributed by atoms with Gasteiger partial charge in [-0.15, -0.1) is 0 Å². The second-order valence-electron chi connectivity index (χ2n) is 7.79. The van der Waals surface area contributed by atoms with E-state index in [2.05, 4.69) is 27.6 Å². The number of carbonyl (C=O) groups excluding carboxylic acids is 1. The maximum absolute atomic E-state index is 12.4. The molecule has 0 aliphatic carbocycles. The summed E-state index contributed by atoms with van der Waals surface area (Å²) in [4.78, 5) is 23.3. The number of rotatable bonds is 5. The Morgan fingerprint density at radius 3 is 2.53 bits per heavy atom. The van der Waals surface area contributed by atoms with Crippen molar-refractivity contribution in [3.8, 4) is 17.0 Å². The summed E-state index contributed by atoms with van der Waals surface area (Å²) in [6, 6.07) is 8.19. The van der Waals surface area contributed by atoms with E-state index in [9.17, 15) is 18.0 Å². The largest absolute Gasteiger partial charge is 0.496 e. The van der Waals surface area contributed by atoms with Gasteiger partial charge in [0.25, 0.3) is 0 Å². The molecule has 0 spiro atoms. The fourth-order valence-corrected chi connectivity index (χ4v) is 3.75. The first-order chi connectivity index (χ1) is 15.2. The molecule has 0 radical (unpaired) electrons. The quantitative estimate of drug-likeness (QED) is 0.641. The smallest absolute Gasteiger partial charge is 0.490 e. The molecule has 2 aliphatic heterocycles. The van der Waals surface area contributed by atoms with Gasteiger partial charge < -0.3 is 20.1 Å². The van der Waals surface area contributed by atoms with Crippen LogP contribution >= 0.6 is 0 Å². The van der Waals surface area contributed by atoms with Crippen molar-refractivity contribution >= 4 is 11.9 Å². The van der Waals surface area contributed by atoms with Gasteiger partial charge in [0.2, 0.25) is 5.91 Å². The molecular formula is C21H25F3N4O4. The van der Waals surface area contributed by atoms with Crippen LogP contribution in [0.3, 0.4) is 0 Å². The van der Waals surface area contributed by atoms with E-state index in [1.54, 1.807) is 13.3 Å². The van der Waals surface area contributed by atoms with Gasteiger partial charge >= 0.3 is 12.1 Å². The van der Waals surface area contributed by atoms with E-state index in [1.165, 1.54) is 5.56 Å². The lowest BCUT2D eigenvalue weighted by Gasteiger charge is -2.40. The van der Waals surface area contributed by atoms with Gasteiger partial charge in [-0.25, -0.2) is 4.79 Å². The monoisotopic (exact) mass is 454 g/mol. The topological polar surface area (TPSA) is 108 Å². The number of hydrogen-bond acceptors (Lipinski definition) is 5. The number of carboxylic acid groups (broad SMARTS) is 1. The predicted molar refractivity (Wildman–Crippen MR) is 109 cm³/mol. The number of hydrogen-bond donors (Lipinski definition) is 3. The molecule has 2 aromatic rings. The zero-order chi connectivity index (χ0) is 23.3. The van der Waals surface area contributed by atoms with E-state index in [-0.39, 0.29) is 0 Å². The van der Waals surface area contributed by atoms with Crippen LogP contribution < -0.4 is 10.1 Å². The molecule has 8 nitrogen and oxygen atoms in total. The predicted octanol–water partition coefficient (Wildman–Crippen LogP) is 2.64. The van der Waals surface area contributed by atoms with Crippen LogP contribution in [0.5, 0.6) is 5.75 Å². The molecule has 2 fully saturated rings. The van der Waals surface area contributed by atoms with E-state index >= 15 is 0 Å². The minimum atomic E-state index is -5.08. The number of amides is 1. The highest BCUT2D eigenvalue weighted by Gasteiger charge is 2.38. The number of H-pyrrole nitrogens is 1. The summed E-state index contributed by atoms with van der Waals surface area (Å²) in [5.41, 5.74) is 3.20. The van der Waals surface area contributed by atoms with Crippen LogP contribution in [0.15, 0.2) is 30.5 Å². The third kappa shape index (κ3) is 5.78. The van der Waals surface area contributed by atoms with Crippen molar-refractivity contribution in [2.24, 2.45) is 5.92 Å². The van der Waals surface area contributed by atoms with Crippen LogP contribution in [0.2, 0.25) is 0 Å². The van der Waals surface area contributed by atoms with Gasteiger partial charge in [0.05, 0.1) is 12.8 Å². The van der Waals surface area contributed by atoms with Crippen LogP contribution in [0.4, 0.5) is 13.2 Å². The van der Waals surface area contributed by atoms with Crippen molar-refractivity contribution in [3.05, 3.63) is 36.0 Å². The lowest BCUT2D eigenvalue weighted by molar-refractivity contribution is -0.192. The zero-order valence-corrected chi connectivity index (χ0v) is 17.5. The highest BCUT2D eigenvalue weighted by atomic mass is 19.4. The Kier molecular flexibility index (Phi) is 7.39. The van der Waals surface area contributed by atoms with Crippen LogP contribution in [-0.4, -0.2) is 71.5 Å². The Morgan fingerprint density at radius 1 is 1.28 bits per heavy atom. The van der Waals surface area contributed by atoms with E-state index < -0.39 is 12.1 Å². The molecule has 174 valence electrons. The van der Waals surface area contributed by atoms with Crippen LogP contribution in [-0.2, 0) is 9.59 Å². The maximum atomic E-state index is 12.4. The number of carboxylic acids is 1. The molecule has 0 saturated carbocycles. The van der Waals surface area contributed by atoms with E-state index in [4.69, 9.17) is 14.6 Å². The van der Waals surface area contributed by atoms with Crippen molar-refractivity contribution in [2.45, 2.75) is 24.9 Å². The van der Waals surface area contributed by atoms with Gasteiger partial charge in [0.1, 0.15) is 5.75 Å². The number of aromatic amines is 1. The summed E-state index contributed by atoms with van der Waals surface area (Å²) >= 11 is 0. The number of aliphatic carboxylic acids is 1. The number of alkyl halides is 3. The third-order valence-electron chi connectivity index (χ3n) is 5.59. The van der Waals surface area contributed by atoms with E-state index in [0.29, 0.717) is 24.2 Å². The second-order valence-corrected chi connectivity index (χ2v) is 7.79. The summed E-state index contributed by atoms with van der Waals surface area (Å²) < 4.78 is 37.2. The SMILES string of the molecule is COc1ccc(C2CN(C(=O)C[C@@H]3CCNC3)C2)cc1-c1ccn[nH]1.O=C(O)C(F)(F)F. The molecule has 1 aromatic heterocycles. The Morgan fingerprint density at radius 2 is 2.00 bits per heavy atom. The minimum absolute atomic E-state index is 0.298. The van der Waals surface area contributed by atoms with Crippen LogP contribution in [0.25, 0.3) is 11.3 Å². The highest BCUT2D eigenvalue weighted by molar-refractivity contribution is 5.78. The molecule has 1 aromatic carbocycles. The molecule has 11 heteroatoms. The molecular weight excluding hydrogens is 429 g/mol. The summed E-state index contributed by atoms with van der Waals surface area (Å²) in [7, 11) is 1.68.